The van der Waals surface area contributed by atoms with Crippen LogP contribution in [0.2, 0.25) is 0 Å². The lowest BCUT2D eigenvalue weighted by atomic mass is 9.96. The molecule has 1 aromatic rings. The molecule has 124 valence electrons. The minimum atomic E-state index is -4.99. The number of aliphatic hydroxyl groups excluding tert-OH is 1. The molecule has 0 aliphatic heterocycles. The maximum Gasteiger partial charge on any atom is 0.417 e. The highest BCUT2D eigenvalue weighted by Crippen LogP contribution is 2.39. The summed E-state index contributed by atoms with van der Waals surface area (Å²) in [5, 5.41) is 9.30. The van der Waals surface area contributed by atoms with E-state index in [2.05, 4.69) is 6.58 Å². The lowest BCUT2D eigenvalue weighted by molar-refractivity contribution is -0.143. The number of hydrogen-bond acceptors (Lipinski definition) is 1. The molecule has 22 heavy (non-hydrogen) atoms. The molecule has 0 unspecified atom stereocenters. The molecule has 0 aliphatic rings. The zero-order valence-electron chi connectivity index (χ0n) is 12.2. The Labute approximate surface area is 124 Å². The standard InChI is InChI=1S/C13H10F6O.C2H6/c1-3-9(7(2)20)10-5-4-8(12(14,15)16)6-11(10)13(17,18)19;1-2/h3-6,20H,1H2,2H3;1-2H3/b9-7-;. The van der Waals surface area contributed by atoms with Crippen molar-refractivity contribution < 1.29 is 31.4 Å². The van der Waals surface area contributed by atoms with Gasteiger partial charge in [0.25, 0.3) is 0 Å². The largest absolute Gasteiger partial charge is 0.512 e. The van der Waals surface area contributed by atoms with Gasteiger partial charge in [-0.15, -0.1) is 0 Å². The maximum atomic E-state index is 12.9. The predicted octanol–water partition coefficient (Wildman–Crippen LogP) is 6.23. The van der Waals surface area contributed by atoms with E-state index in [1.165, 1.54) is 0 Å². The minimum absolute atomic E-state index is 0.0156. The Bertz CT molecular complexity index is 548. The Balaban J connectivity index is 0.00000211. The monoisotopic (exact) mass is 326 g/mol. The number of aliphatic hydroxyl groups is 1. The first kappa shape index (κ1) is 20.1. The second-order valence-corrected chi connectivity index (χ2v) is 3.96. The summed E-state index contributed by atoms with van der Waals surface area (Å²) in [4.78, 5) is 0. The number of alkyl halides is 6. The molecule has 1 aromatic carbocycles. The number of benzene rings is 1. The van der Waals surface area contributed by atoms with Crippen LogP contribution in [0.25, 0.3) is 5.57 Å². The highest BCUT2D eigenvalue weighted by atomic mass is 19.4. The van der Waals surface area contributed by atoms with Crippen LogP contribution in [0.5, 0.6) is 0 Å². The van der Waals surface area contributed by atoms with Gasteiger partial charge in [-0.05, 0) is 24.6 Å². The van der Waals surface area contributed by atoms with E-state index in [0.29, 0.717) is 12.1 Å². The van der Waals surface area contributed by atoms with Crippen molar-refractivity contribution in [3.05, 3.63) is 53.3 Å². The van der Waals surface area contributed by atoms with Crippen molar-refractivity contribution in [2.45, 2.75) is 33.1 Å². The van der Waals surface area contributed by atoms with Gasteiger partial charge in [0.05, 0.1) is 16.9 Å². The van der Waals surface area contributed by atoms with Crippen LogP contribution < -0.4 is 0 Å². The van der Waals surface area contributed by atoms with Crippen LogP contribution >= 0.6 is 0 Å². The molecule has 1 nitrogen and oxygen atoms in total. The number of halogens is 6. The molecule has 0 radical (unpaired) electrons. The topological polar surface area (TPSA) is 20.2 Å². The summed E-state index contributed by atoms with van der Waals surface area (Å²) in [5.74, 6) is -0.467. The third kappa shape index (κ3) is 4.82. The molecule has 0 saturated carbocycles. The van der Waals surface area contributed by atoms with Gasteiger partial charge in [-0.2, -0.15) is 26.3 Å². The summed E-state index contributed by atoms with van der Waals surface area (Å²) in [7, 11) is 0. The summed E-state index contributed by atoms with van der Waals surface area (Å²) in [5.41, 5.74) is -3.71. The van der Waals surface area contributed by atoms with Crippen LogP contribution in [0, 0.1) is 0 Å². The molecular weight excluding hydrogens is 310 g/mol. The second-order valence-electron chi connectivity index (χ2n) is 3.96. The average molecular weight is 326 g/mol. The molecule has 7 heteroatoms. The van der Waals surface area contributed by atoms with E-state index in [-0.39, 0.29) is 11.6 Å². The number of hydrogen-bond donors (Lipinski definition) is 1. The van der Waals surface area contributed by atoms with Crippen LogP contribution in [0.1, 0.15) is 37.5 Å². The van der Waals surface area contributed by atoms with Gasteiger partial charge in [-0.25, -0.2) is 0 Å². The summed E-state index contributed by atoms with van der Waals surface area (Å²) in [6.07, 6.45) is -8.92. The van der Waals surface area contributed by atoms with E-state index in [9.17, 15) is 31.4 Å². The van der Waals surface area contributed by atoms with Crippen molar-refractivity contribution >= 4 is 5.57 Å². The van der Waals surface area contributed by atoms with E-state index in [1.54, 1.807) is 0 Å². The van der Waals surface area contributed by atoms with Gasteiger partial charge in [0, 0.05) is 5.57 Å². The average Bonchev–Trinajstić information content (AvgIpc) is 2.39. The van der Waals surface area contributed by atoms with Gasteiger partial charge in [0.1, 0.15) is 0 Å². The summed E-state index contributed by atoms with van der Waals surface area (Å²) in [6.45, 7) is 8.37. The molecule has 0 amide bonds. The smallest absolute Gasteiger partial charge is 0.417 e. The van der Waals surface area contributed by atoms with Crippen molar-refractivity contribution in [1.82, 2.24) is 0 Å². The molecule has 0 atom stereocenters. The van der Waals surface area contributed by atoms with Crippen LogP contribution in [0.3, 0.4) is 0 Å². The molecule has 0 aliphatic carbocycles. The van der Waals surface area contributed by atoms with Gasteiger partial charge >= 0.3 is 12.4 Å². The molecule has 1 N–H and O–H groups in total. The lowest BCUT2D eigenvalue weighted by Gasteiger charge is -2.16. The van der Waals surface area contributed by atoms with Crippen molar-refractivity contribution in [3.63, 3.8) is 0 Å². The minimum Gasteiger partial charge on any atom is -0.512 e. The highest BCUT2D eigenvalue weighted by molar-refractivity contribution is 5.77. The zero-order valence-corrected chi connectivity index (χ0v) is 12.2. The summed E-state index contributed by atoms with van der Waals surface area (Å²) < 4.78 is 76.1. The number of allylic oxidation sites excluding steroid dienone is 3. The van der Waals surface area contributed by atoms with E-state index in [4.69, 9.17) is 0 Å². The molecule has 0 aromatic heterocycles. The first-order chi connectivity index (χ1) is 9.98. The second kappa shape index (κ2) is 7.38. The fraction of sp³-hybridized carbons (Fsp3) is 0.333. The summed E-state index contributed by atoms with van der Waals surface area (Å²) >= 11 is 0. The van der Waals surface area contributed by atoms with Crippen LogP contribution in [-0.4, -0.2) is 5.11 Å². The molecular formula is C15H16F6O. The molecule has 0 bridgehead atoms. The quantitative estimate of drug-likeness (QED) is 0.388. The molecule has 0 spiro atoms. The van der Waals surface area contributed by atoms with E-state index in [0.717, 1.165) is 13.0 Å². The van der Waals surface area contributed by atoms with Crippen molar-refractivity contribution in [2.24, 2.45) is 0 Å². The highest BCUT2D eigenvalue weighted by Gasteiger charge is 2.38. The molecule has 0 fully saturated rings. The van der Waals surface area contributed by atoms with Gasteiger partial charge in [0.15, 0.2) is 0 Å². The van der Waals surface area contributed by atoms with E-state index in [1.807, 2.05) is 13.8 Å². The zero-order chi connectivity index (χ0) is 17.7. The maximum absolute atomic E-state index is 12.9. The van der Waals surface area contributed by atoms with Crippen molar-refractivity contribution in [3.8, 4) is 0 Å². The van der Waals surface area contributed by atoms with Crippen LogP contribution in [0.15, 0.2) is 36.6 Å². The fourth-order valence-electron chi connectivity index (χ4n) is 1.64. The SMILES string of the molecule is C=C/C(=C(\C)O)c1ccc(C(F)(F)F)cc1C(F)(F)F.CC. The van der Waals surface area contributed by atoms with Gasteiger partial charge in [-0.1, -0.05) is 32.6 Å². The summed E-state index contributed by atoms with van der Waals surface area (Å²) in [6, 6.07) is 1.21. The van der Waals surface area contributed by atoms with Gasteiger partial charge < -0.3 is 5.11 Å². The van der Waals surface area contributed by atoms with Crippen molar-refractivity contribution in [2.75, 3.05) is 0 Å². The van der Waals surface area contributed by atoms with Gasteiger partial charge in [-0.3, -0.25) is 0 Å². The van der Waals surface area contributed by atoms with Gasteiger partial charge in [0.2, 0.25) is 0 Å². The Hall–Kier alpha value is -1.92. The van der Waals surface area contributed by atoms with Crippen molar-refractivity contribution in [1.29, 1.82) is 0 Å². The first-order valence-electron chi connectivity index (χ1n) is 6.29. The number of rotatable bonds is 2. The third-order valence-electron chi connectivity index (χ3n) is 2.54. The first-order valence-corrected chi connectivity index (χ1v) is 6.29. The predicted molar refractivity (Wildman–Crippen MR) is 73.2 cm³/mol. The molecule has 0 heterocycles. The Morgan fingerprint density at radius 2 is 1.55 bits per heavy atom. The Kier molecular flexibility index (Phi) is 6.73. The van der Waals surface area contributed by atoms with E-state index >= 15 is 0 Å². The third-order valence-corrected chi connectivity index (χ3v) is 2.54. The normalized spacial score (nSPS) is 13.0. The Morgan fingerprint density at radius 3 is 1.86 bits per heavy atom. The lowest BCUT2D eigenvalue weighted by Crippen LogP contribution is -2.13. The molecule has 1 rings (SSSR count). The Morgan fingerprint density at radius 1 is 1.05 bits per heavy atom. The van der Waals surface area contributed by atoms with Crippen LogP contribution in [-0.2, 0) is 12.4 Å². The van der Waals surface area contributed by atoms with E-state index < -0.39 is 34.8 Å². The fourth-order valence-corrected chi connectivity index (χ4v) is 1.64. The van der Waals surface area contributed by atoms with Crippen LogP contribution in [0.4, 0.5) is 26.3 Å². The molecule has 0 saturated heterocycles.